The van der Waals surface area contributed by atoms with Crippen molar-refractivity contribution in [3.8, 4) is 16.9 Å². The number of benzene rings is 1. The van der Waals surface area contributed by atoms with Gasteiger partial charge in [-0.3, -0.25) is 0 Å². The molecule has 0 unspecified atom stereocenters. The molecule has 0 radical (unpaired) electrons. The van der Waals surface area contributed by atoms with Gasteiger partial charge in [-0.05, 0) is 37.6 Å². The van der Waals surface area contributed by atoms with Gasteiger partial charge < -0.3 is 15.0 Å². The maximum absolute atomic E-state index is 5.28. The molecule has 1 aliphatic carbocycles. The monoisotopic (exact) mass is 396 g/mol. The molecule has 0 atom stereocenters. The number of fused-ring (bicyclic) bond motifs is 1. The van der Waals surface area contributed by atoms with Crippen LogP contribution < -0.4 is 10.1 Å². The second-order valence-electron chi connectivity index (χ2n) is 7.48. The van der Waals surface area contributed by atoms with E-state index in [1.54, 1.807) is 24.8 Å². The Balaban J connectivity index is 1.50. The van der Waals surface area contributed by atoms with Gasteiger partial charge in [0.05, 0.1) is 12.5 Å². The van der Waals surface area contributed by atoms with Crippen LogP contribution in [-0.4, -0.2) is 48.2 Å². The molecule has 1 N–H and O–H groups in total. The number of rotatable bonds is 7. The zero-order valence-corrected chi connectivity index (χ0v) is 17.5. The first kappa shape index (κ1) is 19.2. The molecule has 5 nitrogen and oxygen atoms in total. The van der Waals surface area contributed by atoms with Crippen molar-refractivity contribution >= 4 is 27.4 Å². The van der Waals surface area contributed by atoms with Crippen LogP contribution in [0.3, 0.4) is 0 Å². The summed E-state index contributed by atoms with van der Waals surface area (Å²) >= 11 is 1.66. The fraction of sp³-hybridized carbons (Fsp3) is 0.455. The minimum Gasteiger partial charge on any atom is -0.497 e. The van der Waals surface area contributed by atoms with E-state index in [1.807, 2.05) is 12.1 Å². The Kier molecular flexibility index (Phi) is 6.07. The molecule has 1 aromatic carbocycles. The van der Waals surface area contributed by atoms with Gasteiger partial charge in [-0.2, -0.15) is 0 Å². The summed E-state index contributed by atoms with van der Waals surface area (Å²) in [6, 6.07) is 8.91. The van der Waals surface area contributed by atoms with Crippen LogP contribution in [0.15, 0.2) is 36.0 Å². The summed E-state index contributed by atoms with van der Waals surface area (Å²) in [5.41, 5.74) is 2.33. The van der Waals surface area contributed by atoms with Crippen LogP contribution in [0, 0.1) is 0 Å². The van der Waals surface area contributed by atoms with E-state index in [4.69, 9.17) is 4.74 Å². The molecule has 28 heavy (non-hydrogen) atoms. The zero-order chi connectivity index (χ0) is 19.3. The van der Waals surface area contributed by atoms with Crippen LogP contribution in [0.2, 0.25) is 0 Å². The molecule has 0 amide bonds. The second-order valence-corrected chi connectivity index (χ2v) is 8.34. The van der Waals surface area contributed by atoms with Crippen molar-refractivity contribution < 1.29 is 4.74 Å². The van der Waals surface area contributed by atoms with E-state index in [9.17, 15) is 0 Å². The molecule has 1 aliphatic rings. The first-order valence-electron chi connectivity index (χ1n) is 10.1. The van der Waals surface area contributed by atoms with Crippen LogP contribution >= 0.6 is 11.3 Å². The summed E-state index contributed by atoms with van der Waals surface area (Å²) in [5.74, 6) is 1.79. The number of methoxy groups -OCH3 is 1. The number of nitrogens with zero attached hydrogens (tertiary/aromatic N) is 3. The fourth-order valence-electron chi connectivity index (χ4n) is 4.05. The molecule has 6 heteroatoms. The van der Waals surface area contributed by atoms with Crippen LogP contribution in [0.5, 0.6) is 5.75 Å². The first-order chi connectivity index (χ1) is 13.8. The predicted molar refractivity (Wildman–Crippen MR) is 117 cm³/mol. The van der Waals surface area contributed by atoms with Crippen molar-refractivity contribution in [3.05, 3.63) is 36.0 Å². The highest BCUT2D eigenvalue weighted by molar-refractivity contribution is 7.17. The number of likely N-dealkylation sites (N-methyl/N-ethyl adjacent to an activating group) is 1. The summed E-state index contributed by atoms with van der Waals surface area (Å²) in [6.45, 7) is 1.91. The lowest BCUT2D eigenvalue weighted by atomic mass is 9.94. The summed E-state index contributed by atoms with van der Waals surface area (Å²) < 4.78 is 5.28. The van der Waals surface area contributed by atoms with E-state index in [0.29, 0.717) is 0 Å². The Morgan fingerprint density at radius 1 is 1.14 bits per heavy atom. The molecule has 0 aliphatic heterocycles. The van der Waals surface area contributed by atoms with Gasteiger partial charge in [0.2, 0.25) is 0 Å². The molecule has 4 rings (SSSR count). The van der Waals surface area contributed by atoms with Crippen molar-refractivity contribution in [2.24, 2.45) is 0 Å². The number of anilines is 1. The van der Waals surface area contributed by atoms with Gasteiger partial charge in [-0.1, -0.05) is 31.4 Å². The standard InChI is InChI=1S/C22H28N4OS/c1-26(17-6-4-3-5-7-17)13-12-23-21-20-19(14-28-22(20)25-15-24-21)16-8-10-18(27-2)11-9-16/h8-11,14-15,17H,3-7,12-13H2,1-2H3,(H,23,24,25). The third-order valence-electron chi connectivity index (χ3n) is 5.73. The Morgan fingerprint density at radius 2 is 1.93 bits per heavy atom. The van der Waals surface area contributed by atoms with Crippen molar-refractivity contribution in [2.75, 3.05) is 32.6 Å². The highest BCUT2D eigenvalue weighted by Crippen LogP contribution is 2.37. The van der Waals surface area contributed by atoms with Crippen molar-refractivity contribution in [2.45, 2.75) is 38.1 Å². The molecule has 0 saturated heterocycles. The van der Waals surface area contributed by atoms with E-state index in [-0.39, 0.29) is 0 Å². The van der Waals surface area contributed by atoms with Gasteiger partial charge in [-0.25, -0.2) is 9.97 Å². The molecule has 2 aromatic heterocycles. The van der Waals surface area contributed by atoms with Gasteiger partial charge in [-0.15, -0.1) is 11.3 Å². The number of nitrogens with one attached hydrogen (secondary N) is 1. The van der Waals surface area contributed by atoms with Gasteiger partial charge >= 0.3 is 0 Å². The SMILES string of the molecule is COc1ccc(-c2csc3ncnc(NCCN(C)C4CCCCC4)c23)cc1. The Morgan fingerprint density at radius 3 is 2.68 bits per heavy atom. The summed E-state index contributed by atoms with van der Waals surface area (Å²) in [5, 5.41) is 6.84. The number of aromatic nitrogens is 2. The second kappa shape index (κ2) is 8.88. The van der Waals surface area contributed by atoms with Crippen molar-refractivity contribution in [1.82, 2.24) is 14.9 Å². The molecular weight excluding hydrogens is 368 g/mol. The number of hydrogen-bond acceptors (Lipinski definition) is 6. The quantitative estimate of drug-likeness (QED) is 0.606. The van der Waals surface area contributed by atoms with Crippen LogP contribution in [-0.2, 0) is 0 Å². The predicted octanol–water partition coefficient (Wildman–Crippen LogP) is 5.04. The Labute approximate surface area is 170 Å². The lowest BCUT2D eigenvalue weighted by molar-refractivity contribution is 0.198. The number of thiophene rings is 1. The smallest absolute Gasteiger partial charge is 0.138 e. The van der Waals surface area contributed by atoms with Gasteiger partial charge in [0, 0.05) is 30.1 Å². The van der Waals surface area contributed by atoms with Crippen molar-refractivity contribution in [1.29, 1.82) is 0 Å². The van der Waals surface area contributed by atoms with Gasteiger partial charge in [0.25, 0.3) is 0 Å². The zero-order valence-electron chi connectivity index (χ0n) is 16.6. The normalized spacial score (nSPS) is 15.2. The molecular formula is C22H28N4OS. The first-order valence-corrected chi connectivity index (χ1v) is 10.9. The maximum atomic E-state index is 5.28. The minimum atomic E-state index is 0.733. The highest BCUT2D eigenvalue weighted by Gasteiger charge is 2.18. The molecule has 1 saturated carbocycles. The molecule has 2 heterocycles. The van der Waals surface area contributed by atoms with Crippen LogP contribution in [0.25, 0.3) is 21.3 Å². The van der Waals surface area contributed by atoms with E-state index < -0.39 is 0 Å². The van der Waals surface area contributed by atoms with Gasteiger partial charge in [0.1, 0.15) is 22.7 Å². The van der Waals surface area contributed by atoms with Crippen LogP contribution in [0.1, 0.15) is 32.1 Å². The third kappa shape index (κ3) is 4.13. The Hall–Kier alpha value is -2.18. The minimum absolute atomic E-state index is 0.733. The Bertz CT molecular complexity index is 903. The lowest BCUT2D eigenvalue weighted by Crippen LogP contribution is -2.36. The maximum Gasteiger partial charge on any atom is 0.138 e. The lowest BCUT2D eigenvalue weighted by Gasteiger charge is -2.31. The third-order valence-corrected chi connectivity index (χ3v) is 6.61. The van der Waals surface area contributed by atoms with E-state index in [0.717, 1.165) is 46.5 Å². The fourth-order valence-corrected chi connectivity index (χ4v) is 4.96. The molecule has 148 valence electrons. The molecule has 0 spiro atoms. The van der Waals surface area contributed by atoms with Crippen molar-refractivity contribution in [3.63, 3.8) is 0 Å². The topological polar surface area (TPSA) is 50.3 Å². The summed E-state index contributed by atoms with van der Waals surface area (Å²) in [4.78, 5) is 12.5. The van der Waals surface area contributed by atoms with E-state index in [1.165, 1.54) is 37.7 Å². The molecule has 0 bridgehead atoms. The van der Waals surface area contributed by atoms with E-state index >= 15 is 0 Å². The summed E-state index contributed by atoms with van der Waals surface area (Å²) in [6.07, 6.45) is 8.46. The average Bonchev–Trinajstić information content (AvgIpc) is 3.19. The average molecular weight is 397 g/mol. The molecule has 1 fully saturated rings. The number of hydrogen-bond donors (Lipinski definition) is 1. The number of ether oxygens (including phenoxy) is 1. The molecule has 3 aromatic rings. The van der Waals surface area contributed by atoms with Crippen LogP contribution in [0.4, 0.5) is 5.82 Å². The highest BCUT2D eigenvalue weighted by atomic mass is 32.1. The van der Waals surface area contributed by atoms with Gasteiger partial charge in [0.15, 0.2) is 0 Å². The summed E-state index contributed by atoms with van der Waals surface area (Å²) in [7, 11) is 3.94. The largest absolute Gasteiger partial charge is 0.497 e. The van der Waals surface area contributed by atoms with E-state index in [2.05, 4.69) is 44.7 Å².